The van der Waals surface area contributed by atoms with Gasteiger partial charge >= 0.3 is 0 Å². The molecule has 0 aromatic carbocycles. The number of carbonyl (C=O) groups is 2. The van der Waals surface area contributed by atoms with Gasteiger partial charge in [0.15, 0.2) is 12.2 Å². The number of thiol groups is 1. The molecule has 0 spiro atoms. The second-order valence-corrected chi connectivity index (χ2v) is 4.04. The van der Waals surface area contributed by atoms with Crippen LogP contribution in [0.15, 0.2) is 0 Å². The largest absolute Gasteiger partial charge is 0.380 e. The number of hydrogen-bond acceptors (Lipinski definition) is 6. The summed E-state index contributed by atoms with van der Waals surface area (Å²) in [4.78, 5) is 22.2. The van der Waals surface area contributed by atoms with Crippen LogP contribution in [-0.2, 0) is 9.59 Å². The maximum absolute atomic E-state index is 11.2. The fourth-order valence-electron chi connectivity index (χ4n) is 0.762. The van der Waals surface area contributed by atoms with Crippen LogP contribution in [-0.4, -0.2) is 40.3 Å². The Kier molecular flexibility index (Phi) is 6.73. The van der Waals surface area contributed by atoms with E-state index in [2.05, 4.69) is 21.7 Å². The monoisotopic (exact) mass is 254 g/mol. The number of hydrogen-bond donors (Lipinski definition) is 5. The predicted octanol–water partition coefficient (Wildman–Crippen LogP) is -1.16. The van der Waals surface area contributed by atoms with Gasteiger partial charge in [0.25, 0.3) is 11.8 Å². The van der Waals surface area contributed by atoms with Gasteiger partial charge in [-0.25, -0.2) is 0 Å². The Labute approximate surface area is 96.8 Å². The Morgan fingerprint density at radius 3 is 2.07 bits per heavy atom. The average molecular weight is 254 g/mol. The first-order valence-electron chi connectivity index (χ1n) is 4.17. The van der Waals surface area contributed by atoms with Crippen LogP contribution in [0.25, 0.3) is 0 Å². The third-order valence-corrected chi connectivity index (χ3v) is 1.98. The van der Waals surface area contributed by atoms with Crippen molar-refractivity contribution >= 4 is 34.5 Å². The van der Waals surface area contributed by atoms with Gasteiger partial charge in [0.1, 0.15) is 0 Å². The van der Waals surface area contributed by atoms with Crippen LogP contribution >= 0.6 is 22.6 Å². The van der Waals surface area contributed by atoms with E-state index in [0.29, 0.717) is 11.0 Å². The SMILES string of the molecule is CC(C)NC(=O)[C@@H](O)[C@H](O)C(=O)NSS. The zero-order valence-electron chi connectivity index (χ0n) is 8.30. The minimum Gasteiger partial charge on any atom is -0.380 e. The molecule has 0 bridgehead atoms. The normalized spacial score (nSPS) is 14.5. The van der Waals surface area contributed by atoms with Gasteiger partial charge < -0.3 is 15.5 Å². The molecule has 0 rings (SSSR count). The first-order chi connectivity index (χ1) is 6.90. The molecule has 0 saturated heterocycles. The highest BCUT2D eigenvalue weighted by Crippen LogP contribution is 2.01. The molecule has 0 aliphatic carbocycles. The van der Waals surface area contributed by atoms with Crippen molar-refractivity contribution in [2.75, 3.05) is 0 Å². The van der Waals surface area contributed by atoms with Gasteiger partial charge in [0, 0.05) is 17.0 Å². The standard InChI is InChI=1S/C7H14N2O4S2/c1-3(2)8-6(12)4(10)5(11)7(13)9-15-14/h3-5,10-11,14H,1-2H3,(H,8,12)(H,9,13)/t4-,5-/m0/s1. The summed E-state index contributed by atoms with van der Waals surface area (Å²) in [6, 6.07) is -0.179. The Bertz CT molecular complexity index is 237. The van der Waals surface area contributed by atoms with Crippen molar-refractivity contribution in [2.24, 2.45) is 0 Å². The molecule has 15 heavy (non-hydrogen) atoms. The highest BCUT2D eigenvalue weighted by atomic mass is 33.1. The summed E-state index contributed by atoms with van der Waals surface area (Å²) >= 11 is 3.62. The van der Waals surface area contributed by atoms with Crippen LogP contribution in [0.1, 0.15) is 13.8 Å². The van der Waals surface area contributed by atoms with Gasteiger partial charge in [-0.2, -0.15) is 0 Å². The summed E-state index contributed by atoms with van der Waals surface area (Å²) in [5, 5.41) is 20.9. The molecule has 6 nitrogen and oxygen atoms in total. The van der Waals surface area contributed by atoms with Gasteiger partial charge in [-0.3, -0.25) is 14.3 Å². The van der Waals surface area contributed by atoms with Gasteiger partial charge in [-0.1, -0.05) is 11.7 Å². The second-order valence-electron chi connectivity index (χ2n) is 3.11. The highest BCUT2D eigenvalue weighted by molar-refractivity contribution is 8.68. The van der Waals surface area contributed by atoms with Crippen LogP contribution in [0.2, 0.25) is 0 Å². The molecule has 2 atom stereocenters. The van der Waals surface area contributed by atoms with Crippen molar-refractivity contribution in [1.29, 1.82) is 0 Å². The third kappa shape index (κ3) is 5.26. The molecule has 0 unspecified atom stereocenters. The third-order valence-electron chi connectivity index (χ3n) is 1.41. The molecule has 0 radical (unpaired) electrons. The van der Waals surface area contributed by atoms with Gasteiger partial charge in [-0.15, -0.1) is 0 Å². The minimum atomic E-state index is -1.80. The van der Waals surface area contributed by atoms with Crippen LogP contribution < -0.4 is 10.0 Å². The molecule has 0 aliphatic rings. The Hall–Kier alpha value is -0.440. The molecular weight excluding hydrogens is 240 g/mol. The highest BCUT2D eigenvalue weighted by Gasteiger charge is 2.30. The van der Waals surface area contributed by atoms with E-state index in [4.69, 9.17) is 0 Å². The molecule has 88 valence electrons. The zero-order chi connectivity index (χ0) is 12.0. The fraction of sp³-hybridized carbons (Fsp3) is 0.714. The van der Waals surface area contributed by atoms with E-state index in [-0.39, 0.29) is 6.04 Å². The summed E-state index contributed by atoms with van der Waals surface area (Å²) in [6.45, 7) is 3.39. The summed E-state index contributed by atoms with van der Waals surface area (Å²) < 4.78 is 2.09. The summed E-state index contributed by atoms with van der Waals surface area (Å²) in [5.41, 5.74) is 0. The van der Waals surface area contributed by atoms with E-state index < -0.39 is 24.0 Å². The van der Waals surface area contributed by atoms with E-state index in [1.165, 1.54) is 0 Å². The number of amides is 2. The summed E-state index contributed by atoms with van der Waals surface area (Å²) in [6.07, 6.45) is -3.59. The minimum absolute atomic E-state index is 0.179. The lowest BCUT2D eigenvalue weighted by Gasteiger charge is -2.17. The average Bonchev–Trinajstić information content (AvgIpc) is 2.14. The molecule has 0 aromatic heterocycles. The molecule has 8 heteroatoms. The molecule has 0 saturated carbocycles. The molecular formula is C7H14N2O4S2. The van der Waals surface area contributed by atoms with Crippen molar-refractivity contribution in [3.63, 3.8) is 0 Å². The predicted molar refractivity (Wildman–Crippen MR) is 60.0 cm³/mol. The van der Waals surface area contributed by atoms with Crippen molar-refractivity contribution in [3.8, 4) is 0 Å². The van der Waals surface area contributed by atoms with Crippen LogP contribution in [0.3, 0.4) is 0 Å². The number of aliphatic hydroxyl groups excluding tert-OH is 2. The molecule has 0 aliphatic heterocycles. The maximum Gasteiger partial charge on any atom is 0.262 e. The van der Waals surface area contributed by atoms with Crippen LogP contribution in [0.5, 0.6) is 0 Å². The number of carbonyl (C=O) groups excluding carboxylic acids is 2. The van der Waals surface area contributed by atoms with Crippen molar-refractivity contribution in [2.45, 2.75) is 32.1 Å². The molecule has 0 heterocycles. The van der Waals surface area contributed by atoms with E-state index in [1.807, 2.05) is 0 Å². The molecule has 0 aromatic rings. The van der Waals surface area contributed by atoms with Gasteiger partial charge in [0.2, 0.25) is 0 Å². The maximum atomic E-state index is 11.2. The Morgan fingerprint density at radius 1 is 1.20 bits per heavy atom. The van der Waals surface area contributed by atoms with E-state index >= 15 is 0 Å². The second kappa shape index (κ2) is 6.94. The molecule has 0 fully saturated rings. The van der Waals surface area contributed by atoms with Crippen LogP contribution in [0, 0.1) is 0 Å². The van der Waals surface area contributed by atoms with E-state index in [9.17, 15) is 19.8 Å². The van der Waals surface area contributed by atoms with Gasteiger partial charge in [0.05, 0.1) is 0 Å². The zero-order valence-corrected chi connectivity index (χ0v) is 10.0. The van der Waals surface area contributed by atoms with Crippen molar-refractivity contribution in [1.82, 2.24) is 10.0 Å². The van der Waals surface area contributed by atoms with Crippen LogP contribution in [0.4, 0.5) is 0 Å². The van der Waals surface area contributed by atoms with E-state index in [0.717, 1.165) is 0 Å². The number of rotatable bonds is 5. The number of nitrogens with one attached hydrogen (secondary N) is 2. The van der Waals surface area contributed by atoms with E-state index in [1.54, 1.807) is 13.8 Å². The molecule has 2 amide bonds. The first-order valence-corrected chi connectivity index (χ1v) is 6.03. The lowest BCUT2D eigenvalue weighted by atomic mass is 10.2. The quantitative estimate of drug-likeness (QED) is 0.242. The Morgan fingerprint density at radius 2 is 1.67 bits per heavy atom. The van der Waals surface area contributed by atoms with Crippen molar-refractivity contribution in [3.05, 3.63) is 0 Å². The Balaban J connectivity index is 4.24. The topological polar surface area (TPSA) is 98.7 Å². The summed E-state index contributed by atoms with van der Waals surface area (Å²) in [7, 11) is 0.673. The summed E-state index contributed by atoms with van der Waals surface area (Å²) in [5.74, 6) is -1.67. The van der Waals surface area contributed by atoms with Crippen molar-refractivity contribution < 1.29 is 19.8 Å². The smallest absolute Gasteiger partial charge is 0.262 e. The lowest BCUT2D eigenvalue weighted by Crippen LogP contribution is -2.49. The first kappa shape index (κ1) is 14.6. The number of aliphatic hydroxyl groups is 2. The lowest BCUT2D eigenvalue weighted by molar-refractivity contribution is -0.145. The van der Waals surface area contributed by atoms with Gasteiger partial charge in [-0.05, 0) is 13.8 Å². The molecule has 4 N–H and O–H groups in total. The fourth-order valence-corrected chi connectivity index (χ4v) is 1.24.